The Balaban J connectivity index is 1.82. The number of para-hydroxylation sites is 1. The summed E-state index contributed by atoms with van der Waals surface area (Å²) in [6, 6.07) is 14.7. The number of carbonyl (C=O) groups excluding carboxylic acids is 1. The molecule has 1 N–H and O–H groups in total. The van der Waals surface area contributed by atoms with Gasteiger partial charge in [-0.05, 0) is 18.2 Å². The molecule has 1 aliphatic heterocycles. The number of aromatic nitrogens is 3. The number of halogens is 1. The van der Waals surface area contributed by atoms with Crippen molar-refractivity contribution in [1.82, 2.24) is 15.0 Å². The summed E-state index contributed by atoms with van der Waals surface area (Å²) in [4.78, 5) is 14.1. The molecule has 7 heteroatoms. The molecule has 0 saturated carbocycles. The van der Waals surface area contributed by atoms with Gasteiger partial charge in [0.15, 0.2) is 0 Å². The number of hydrogen-bond donors (Lipinski definition) is 1. The molecule has 0 radical (unpaired) electrons. The molecule has 1 amide bonds. The standard InChI is InChI=1S/C17H13BrN4O2/c1-21-15-5-3-2-4-13(15)17(24,16(21)23)22-10-14(19-20-22)11-6-8-12(18)9-7-11/h2-10,24H,1H3. The molecule has 1 unspecified atom stereocenters. The van der Waals surface area contributed by atoms with Crippen molar-refractivity contribution >= 4 is 27.5 Å². The number of amides is 1. The number of aliphatic hydroxyl groups is 1. The third-order valence-corrected chi connectivity index (χ3v) is 4.74. The normalized spacial score (nSPS) is 19.6. The third-order valence-electron chi connectivity index (χ3n) is 4.21. The van der Waals surface area contributed by atoms with Crippen molar-refractivity contribution in [2.24, 2.45) is 0 Å². The molecule has 2 aromatic carbocycles. The van der Waals surface area contributed by atoms with E-state index in [1.54, 1.807) is 31.4 Å². The van der Waals surface area contributed by atoms with Crippen molar-refractivity contribution in [3.8, 4) is 11.3 Å². The van der Waals surface area contributed by atoms with Crippen molar-refractivity contribution in [1.29, 1.82) is 0 Å². The highest BCUT2D eigenvalue weighted by Gasteiger charge is 2.51. The van der Waals surface area contributed by atoms with Crippen molar-refractivity contribution in [3.05, 3.63) is 64.8 Å². The Morgan fingerprint density at radius 1 is 1.12 bits per heavy atom. The zero-order valence-corrected chi connectivity index (χ0v) is 14.3. The first-order valence-electron chi connectivity index (χ1n) is 7.30. The van der Waals surface area contributed by atoms with Crippen molar-refractivity contribution in [3.63, 3.8) is 0 Å². The second kappa shape index (κ2) is 5.25. The highest BCUT2D eigenvalue weighted by atomic mass is 79.9. The zero-order chi connectivity index (χ0) is 16.9. The highest BCUT2D eigenvalue weighted by Crippen LogP contribution is 2.40. The molecule has 120 valence electrons. The second-order valence-electron chi connectivity index (χ2n) is 5.61. The quantitative estimate of drug-likeness (QED) is 0.736. The number of nitrogens with zero attached hydrogens (tertiary/aromatic N) is 4. The van der Waals surface area contributed by atoms with E-state index in [2.05, 4.69) is 26.2 Å². The van der Waals surface area contributed by atoms with Crippen LogP contribution < -0.4 is 4.90 Å². The predicted octanol–water partition coefficient (Wildman–Crippen LogP) is 2.38. The van der Waals surface area contributed by atoms with Crippen LogP contribution in [-0.2, 0) is 10.5 Å². The number of anilines is 1. The van der Waals surface area contributed by atoms with Crippen molar-refractivity contribution < 1.29 is 9.90 Å². The van der Waals surface area contributed by atoms with Crippen LogP contribution in [0.4, 0.5) is 5.69 Å². The predicted molar refractivity (Wildman–Crippen MR) is 92.3 cm³/mol. The van der Waals surface area contributed by atoms with E-state index in [0.717, 1.165) is 10.0 Å². The van der Waals surface area contributed by atoms with Gasteiger partial charge in [-0.3, -0.25) is 4.79 Å². The molecule has 0 spiro atoms. The van der Waals surface area contributed by atoms with Crippen molar-refractivity contribution in [2.45, 2.75) is 5.72 Å². The van der Waals surface area contributed by atoms with Gasteiger partial charge in [-0.2, -0.15) is 0 Å². The molecule has 0 bridgehead atoms. The fourth-order valence-electron chi connectivity index (χ4n) is 2.92. The molecule has 1 aliphatic rings. The number of likely N-dealkylation sites (N-methyl/N-ethyl adjacent to an activating group) is 1. The molecule has 4 rings (SSSR count). The Bertz CT molecular complexity index is 938. The van der Waals surface area contributed by atoms with E-state index >= 15 is 0 Å². The van der Waals surface area contributed by atoms with E-state index in [0.29, 0.717) is 16.9 Å². The van der Waals surface area contributed by atoms with Gasteiger partial charge >= 0.3 is 0 Å². The second-order valence-corrected chi connectivity index (χ2v) is 6.52. The van der Waals surface area contributed by atoms with Gasteiger partial charge in [0.2, 0.25) is 0 Å². The van der Waals surface area contributed by atoms with E-state index in [-0.39, 0.29) is 0 Å². The summed E-state index contributed by atoms with van der Waals surface area (Å²) in [7, 11) is 1.63. The van der Waals surface area contributed by atoms with E-state index in [4.69, 9.17) is 0 Å². The van der Waals surface area contributed by atoms with Crippen LogP contribution in [0, 0.1) is 0 Å². The Morgan fingerprint density at radius 3 is 2.58 bits per heavy atom. The zero-order valence-electron chi connectivity index (χ0n) is 12.7. The maximum absolute atomic E-state index is 12.7. The lowest BCUT2D eigenvalue weighted by Gasteiger charge is -2.21. The first-order valence-corrected chi connectivity index (χ1v) is 8.10. The maximum atomic E-state index is 12.7. The highest BCUT2D eigenvalue weighted by molar-refractivity contribution is 9.10. The van der Waals surface area contributed by atoms with Gasteiger partial charge in [0.05, 0.1) is 11.9 Å². The summed E-state index contributed by atoms with van der Waals surface area (Å²) in [5, 5.41) is 19.2. The van der Waals surface area contributed by atoms with Crippen LogP contribution in [0.1, 0.15) is 5.56 Å². The number of carbonyl (C=O) groups is 1. The van der Waals surface area contributed by atoms with Gasteiger partial charge < -0.3 is 10.0 Å². The number of rotatable bonds is 2. The van der Waals surface area contributed by atoms with Crippen LogP contribution in [0.25, 0.3) is 11.3 Å². The molecule has 24 heavy (non-hydrogen) atoms. The average Bonchev–Trinajstić information content (AvgIpc) is 3.17. The Hall–Kier alpha value is -2.51. The summed E-state index contributed by atoms with van der Waals surface area (Å²) in [6.07, 6.45) is 1.58. The molecule has 1 atom stereocenters. The van der Waals surface area contributed by atoms with Gasteiger partial charge in [0.1, 0.15) is 5.69 Å². The summed E-state index contributed by atoms with van der Waals surface area (Å²) in [6.45, 7) is 0. The lowest BCUT2D eigenvalue weighted by atomic mass is 10.0. The maximum Gasteiger partial charge on any atom is 0.287 e. The summed E-state index contributed by atoms with van der Waals surface area (Å²) in [5.41, 5.74) is 0.692. The van der Waals surface area contributed by atoms with Gasteiger partial charge in [-0.1, -0.05) is 51.5 Å². The van der Waals surface area contributed by atoms with Crippen LogP contribution in [0.15, 0.2) is 59.2 Å². The fraction of sp³-hybridized carbons (Fsp3) is 0.118. The monoisotopic (exact) mass is 384 g/mol. The van der Waals surface area contributed by atoms with Gasteiger partial charge in [-0.15, -0.1) is 5.10 Å². The first kappa shape index (κ1) is 15.0. The molecule has 6 nitrogen and oxygen atoms in total. The van der Waals surface area contributed by atoms with Gasteiger partial charge in [0, 0.05) is 22.6 Å². The van der Waals surface area contributed by atoms with Crippen LogP contribution in [-0.4, -0.2) is 33.1 Å². The van der Waals surface area contributed by atoms with E-state index < -0.39 is 11.6 Å². The molecule has 1 aromatic heterocycles. The van der Waals surface area contributed by atoms with E-state index in [1.165, 1.54) is 9.58 Å². The minimum absolute atomic E-state index is 0.462. The van der Waals surface area contributed by atoms with Crippen LogP contribution in [0.3, 0.4) is 0 Å². The number of benzene rings is 2. The largest absolute Gasteiger partial charge is 0.358 e. The SMILES string of the molecule is CN1C(=O)C(O)(n2cc(-c3ccc(Br)cc3)nn2)c2ccccc21. The van der Waals surface area contributed by atoms with Gasteiger partial charge in [0.25, 0.3) is 11.6 Å². The molecular weight excluding hydrogens is 372 g/mol. The first-order chi connectivity index (χ1) is 11.5. The third kappa shape index (κ3) is 2.02. The molecule has 0 aliphatic carbocycles. The molecule has 0 saturated heterocycles. The van der Waals surface area contributed by atoms with E-state index in [1.807, 2.05) is 30.3 Å². The summed E-state index contributed by atoms with van der Waals surface area (Å²) >= 11 is 3.39. The summed E-state index contributed by atoms with van der Waals surface area (Å²) in [5.74, 6) is -0.462. The Kier molecular flexibility index (Phi) is 3.29. The lowest BCUT2D eigenvalue weighted by molar-refractivity contribution is -0.140. The molecule has 0 fully saturated rings. The van der Waals surface area contributed by atoms with Crippen LogP contribution in [0.2, 0.25) is 0 Å². The fourth-order valence-corrected chi connectivity index (χ4v) is 3.18. The van der Waals surface area contributed by atoms with E-state index in [9.17, 15) is 9.90 Å². The minimum Gasteiger partial charge on any atom is -0.358 e. The number of hydrogen-bond acceptors (Lipinski definition) is 4. The lowest BCUT2D eigenvalue weighted by Crippen LogP contribution is -2.44. The van der Waals surface area contributed by atoms with Crippen LogP contribution >= 0.6 is 15.9 Å². The van der Waals surface area contributed by atoms with Crippen LogP contribution in [0.5, 0.6) is 0 Å². The smallest absolute Gasteiger partial charge is 0.287 e. The number of fused-ring (bicyclic) bond motifs is 1. The molecular formula is C17H13BrN4O2. The van der Waals surface area contributed by atoms with Crippen molar-refractivity contribution in [2.75, 3.05) is 11.9 Å². The molecule has 2 heterocycles. The summed E-state index contributed by atoms with van der Waals surface area (Å²) < 4.78 is 2.17. The van der Waals surface area contributed by atoms with Gasteiger partial charge in [-0.25, -0.2) is 4.68 Å². The Labute approximate surface area is 146 Å². The Morgan fingerprint density at radius 2 is 1.83 bits per heavy atom. The average molecular weight is 385 g/mol. The minimum atomic E-state index is -1.88. The topological polar surface area (TPSA) is 71.2 Å². The molecule has 3 aromatic rings.